The van der Waals surface area contributed by atoms with Crippen molar-refractivity contribution in [1.82, 2.24) is 4.90 Å². The maximum Gasteiger partial charge on any atom is 0.416 e. The summed E-state index contributed by atoms with van der Waals surface area (Å²) < 4.78 is 106. The van der Waals surface area contributed by atoms with Crippen molar-refractivity contribution in [2.45, 2.75) is 63.3 Å². The molecule has 1 aliphatic carbocycles. The first kappa shape index (κ1) is 32.5. The van der Waals surface area contributed by atoms with Gasteiger partial charge in [-0.05, 0) is 79.1 Å². The number of alkyl halides is 6. The van der Waals surface area contributed by atoms with Gasteiger partial charge >= 0.3 is 18.4 Å². The monoisotopic (exact) mass is 637 g/mol. The summed E-state index contributed by atoms with van der Waals surface area (Å²) in [5, 5.41) is 0. The van der Waals surface area contributed by atoms with Crippen molar-refractivity contribution in [3.05, 3.63) is 106 Å². The average Bonchev–Trinajstić information content (AvgIpc) is 3.58. The Morgan fingerprint density at radius 3 is 2.11 bits per heavy atom. The summed E-state index contributed by atoms with van der Waals surface area (Å²) in [6.45, 7) is 1.47. The molecule has 0 radical (unpaired) electrons. The Balaban J connectivity index is 1.37. The summed E-state index contributed by atoms with van der Waals surface area (Å²) in [7, 11) is 0. The molecule has 12 heteroatoms. The zero-order valence-corrected chi connectivity index (χ0v) is 24.1. The van der Waals surface area contributed by atoms with Crippen LogP contribution in [0.15, 0.2) is 72.8 Å². The molecule has 2 amide bonds. The Kier molecular flexibility index (Phi) is 9.25. The fourth-order valence-electron chi connectivity index (χ4n) is 6.37. The highest BCUT2D eigenvalue weighted by molar-refractivity contribution is 5.95. The van der Waals surface area contributed by atoms with E-state index in [1.54, 1.807) is 24.3 Å². The standard InChI is InChI=1S/C33H30F7NO4/c1-19(22-15-23(32(35,36)37)17-24(16-22)33(38,39)40)45-28-12-11-26(29(28)21-7-9-25(34)10-8-21)27-13-14-41(30(27)42)31(43)44-18-20-5-3-2-4-6-20/h2-10,15-17,19,26-29H,11-14,18H2,1H3/t19-,26+,27?,28+,29+/m1/s1. The van der Waals surface area contributed by atoms with Crippen molar-refractivity contribution in [2.75, 3.05) is 6.54 Å². The maximum absolute atomic E-state index is 13.8. The number of hydrogen-bond donors (Lipinski definition) is 0. The molecule has 0 bridgehead atoms. The number of rotatable bonds is 7. The van der Waals surface area contributed by atoms with E-state index in [2.05, 4.69) is 0 Å². The molecule has 0 aromatic heterocycles. The topological polar surface area (TPSA) is 55.8 Å². The van der Waals surface area contributed by atoms with E-state index in [-0.39, 0.29) is 30.7 Å². The summed E-state index contributed by atoms with van der Waals surface area (Å²) in [5.74, 6) is -2.51. The number of carbonyl (C=O) groups excluding carboxylic acids is 2. The van der Waals surface area contributed by atoms with Crippen LogP contribution in [-0.4, -0.2) is 29.5 Å². The lowest BCUT2D eigenvalue weighted by Gasteiger charge is -2.30. The predicted molar refractivity (Wildman–Crippen MR) is 148 cm³/mol. The summed E-state index contributed by atoms with van der Waals surface area (Å²) in [4.78, 5) is 27.3. The third kappa shape index (κ3) is 7.32. The van der Waals surface area contributed by atoms with Crippen LogP contribution < -0.4 is 0 Å². The van der Waals surface area contributed by atoms with Gasteiger partial charge < -0.3 is 9.47 Å². The number of amides is 2. The number of likely N-dealkylation sites (tertiary alicyclic amines) is 1. The molecule has 1 aliphatic heterocycles. The fraction of sp³-hybridized carbons (Fsp3) is 0.394. The highest BCUT2D eigenvalue weighted by atomic mass is 19.4. The lowest BCUT2D eigenvalue weighted by Crippen LogP contribution is -2.36. The highest BCUT2D eigenvalue weighted by Gasteiger charge is 2.49. The third-order valence-corrected chi connectivity index (χ3v) is 8.55. The van der Waals surface area contributed by atoms with E-state index in [0.29, 0.717) is 37.0 Å². The number of halogens is 7. The minimum Gasteiger partial charge on any atom is -0.444 e. The molecular weight excluding hydrogens is 607 g/mol. The molecule has 2 aliphatic rings. The van der Waals surface area contributed by atoms with Crippen molar-refractivity contribution in [2.24, 2.45) is 11.8 Å². The number of benzene rings is 3. The van der Waals surface area contributed by atoms with Crippen molar-refractivity contribution in [3.8, 4) is 0 Å². The Morgan fingerprint density at radius 2 is 1.51 bits per heavy atom. The predicted octanol–water partition coefficient (Wildman–Crippen LogP) is 8.69. The van der Waals surface area contributed by atoms with Crippen molar-refractivity contribution < 1.29 is 49.8 Å². The number of hydrogen-bond acceptors (Lipinski definition) is 4. The van der Waals surface area contributed by atoms with Gasteiger partial charge in [0.05, 0.1) is 23.3 Å². The van der Waals surface area contributed by atoms with Gasteiger partial charge in [-0.1, -0.05) is 42.5 Å². The Morgan fingerprint density at radius 1 is 0.889 bits per heavy atom. The average molecular weight is 638 g/mol. The van der Waals surface area contributed by atoms with Gasteiger partial charge in [0.2, 0.25) is 5.91 Å². The van der Waals surface area contributed by atoms with Crippen molar-refractivity contribution in [1.29, 1.82) is 0 Å². The van der Waals surface area contributed by atoms with Gasteiger partial charge in [0.1, 0.15) is 12.4 Å². The molecule has 45 heavy (non-hydrogen) atoms. The van der Waals surface area contributed by atoms with Crippen LogP contribution in [0.5, 0.6) is 0 Å². The van der Waals surface area contributed by atoms with Gasteiger partial charge in [-0.25, -0.2) is 14.1 Å². The molecular formula is C33H30F7NO4. The largest absolute Gasteiger partial charge is 0.444 e. The summed E-state index contributed by atoms with van der Waals surface area (Å²) >= 11 is 0. The molecule has 1 saturated heterocycles. The molecule has 2 fully saturated rings. The normalized spacial score (nSPS) is 22.9. The molecule has 5 nitrogen and oxygen atoms in total. The van der Waals surface area contributed by atoms with Gasteiger partial charge in [-0.3, -0.25) is 4.79 Å². The second-order valence-corrected chi connectivity index (χ2v) is 11.4. The van der Waals surface area contributed by atoms with Gasteiger partial charge in [0, 0.05) is 18.4 Å². The first-order valence-corrected chi connectivity index (χ1v) is 14.4. The van der Waals surface area contributed by atoms with Crippen LogP contribution in [0.4, 0.5) is 35.5 Å². The number of ether oxygens (including phenoxy) is 2. The number of carbonyl (C=O) groups is 2. The number of imide groups is 1. The lowest BCUT2D eigenvalue weighted by atomic mass is 9.78. The maximum atomic E-state index is 13.8. The van der Waals surface area contributed by atoms with Gasteiger partial charge in [0.25, 0.3) is 0 Å². The van der Waals surface area contributed by atoms with Crippen LogP contribution in [0.3, 0.4) is 0 Å². The van der Waals surface area contributed by atoms with E-state index in [1.165, 1.54) is 31.2 Å². The van der Waals surface area contributed by atoms with E-state index in [4.69, 9.17) is 9.47 Å². The highest BCUT2D eigenvalue weighted by Crippen LogP contribution is 2.49. The first-order valence-electron chi connectivity index (χ1n) is 14.4. The minimum atomic E-state index is -5.01. The van der Waals surface area contributed by atoms with Crippen LogP contribution in [0, 0.1) is 17.7 Å². The zero-order chi connectivity index (χ0) is 32.5. The number of nitrogens with zero attached hydrogens (tertiary/aromatic N) is 1. The summed E-state index contributed by atoms with van der Waals surface area (Å²) in [5.41, 5.74) is -1.84. The van der Waals surface area contributed by atoms with E-state index in [0.717, 1.165) is 10.5 Å². The molecule has 1 saturated carbocycles. The molecule has 1 heterocycles. The molecule has 3 aromatic carbocycles. The van der Waals surface area contributed by atoms with Gasteiger partial charge in [-0.15, -0.1) is 0 Å². The lowest BCUT2D eigenvalue weighted by molar-refractivity contribution is -0.143. The molecule has 5 rings (SSSR count). The third-order valence-electron chi connectivity index (χ3n) is 8.55. The van der Waals surface area contributed by atoms with E-state index in [9.17, 15) is 40.3 Å². The fourth-order valence-corrected chi connectivity index (χ4v) is 6.37. The van der Waals surface area contributed by atoms with E-state index in [1.807, 2.05) is 6.07 Å². The molecule has 3 aromatic rings. The summed E-state index contributed by atoms with van der Waals surface area (Å²) in [6, 6.07) is 15.8. The molecule has 240 valence electrons. The molecule has 5 atom stereocenters. The van der Waals surface area contributed by atoms with Crippen LogP contribution in [0.1, 0.15) is 66.0 Å². The van der Waals surface area contributed by atoms with Crippen molar-refractivity contribution >= 4 is 12.0 Å². The van der Waals surface area contributed by atoms with Crippen LogP contribution in [0.25, 0.3) is 0 Å². The van der Waals surface area contributed by atoms with E-state index >= 15 is 0 Å². The summed E-state index contributed by atoms with van der Waals surface area (Å²) in [6.07, 6.45) is -11.6. The van der Waals surface area contributed by atoms with Crippen LogP contribution in [-0.2, 0) is 33.2 Å². The molecule has 1 unspecified atom stereocenters. The second-order valence-electron chi connectivity index (χ2n) is 11.4. The Hall–Kier alpha value is -3.93. The zero-order valence-electron chi connectivity index (χ0n) is 24.1. The Bertz CT molecular complexity index is 1480. The van der Waals surface area contributed by atoms with E-state index < -0.39 is 65.3 Å². The first-order chi connectivity index (χ1) is 21.2. The van der Waals surface area contributed by atoms with Crippen LogP contribution in [0.2, 0.25) is 0 Å². The van der Waals surface area contributed by atoms with Crippen molar-refractivity contribution in [3.63, 3.8) is 0 Å². The molecule has 0 spiro atoms. The smallest absolute Gasteiger partial charge is 0.416 e. The minimum absolute atomic E-state index is 0.0187. The van der Waals surface area contributed by atoms with Gasteiger partial charge in [-0.2, -0.15) is 26.3 Å². The van der Waals surface area contributed by atoms with Crippen LogP contribution >= 0.6 is 0 Å². The van der Waals surface area contributed by atoms with Gasteiger partial charge in [0.15, 0.2) is 0 Å². The SMILES string of the molecule is C[C@@H](O[C@H]1CC[C@@H](C2CCN(C(=O)OCc3ccccc3)C2=O)[C@@H]1c1ccc(F)cc1)c1cc(C(F)(F)F)cc(C(F)(F)F)c1. The molecule has 0 N–H and O–H groups in total. The Labute approximate surface area is 254 Å². The second kappa shape index (κ2) is 12.8. The quantitative estimate of drug-likeness (QED) is 0.243.